The molecule has 2 unspecified atom stereocenters. The number of aromatic nitrogens is 2. The molecule has 1 aromatic carbocycles. The molecule has 2 aromatic rings. The first-order valence-corrected chi connectivity index (χ1v) is 6.35. The molecule has 5 nitrogen and oxygen atoms in total. The number of para-hydroxylation sites is 1. The number of rotatable bonds is 2. The second kappa shape index (κ2) is 5.36. The summed E-state index contributed by atoms with van der Waals surface area (Å²) in [6, 6.07) is 5.64. The van der Waals surface area contributed by atoms with Crippen molar-refractivity contribution in [2.45, 2.75) is 32.0 Å². The summed E-state index contributed by atoms with van der Waals surface area (Å²) in [7, 11) is 0. The molecule has 1 aliphatic heterocycles. The average Bonchev–Trinajstić information content (AvgIpc) is 2.61. The van der Waals surface area contributed by atoms with Crippen LogP contribution in [-0.4, -0.2) is 27.2 Å². The number of H-pyrrole nitrogens is 1. The molecule has 0 bridgehead atoms. The normalized spacial score (nSPS) is 22.0. The smallest absolute Gasteiger partial charge is 0.326 e. The molecular weight excluding hydrogens is 266 g/mol. The van der Waals surface area contributed by atoms with Crippen LogP contribution in [0.15, 0.2) is 23.0 Å². The Morgan fingerprint density at radius 1 is 1.53 bits per heavy atom. The van der Waals surface area contributed by atoms with Gasteiger partial charge in [0.05, 0.1) is 17.1 Å². The standard InChI is InChI=1S/C13H17N3O2.ClH/c1-2-14-10-6-7-16-11-8(12(10)17)4-3-5-9(11)15-13(16)18;/h3-5,10,12,14,17H,2,6-7H2,1H3,(H,15,18);1H. The Balaban J connectivity index is 0.00000133. The molecule has 0 amide bonds. The number of aromatic amines is 1. The number of hydrogen-bond acceptors (Lipinski definition) is 3. The highest BCUT2D eigenvalue weighted by Crippen LogP contribution is 2.29. The molecule has 2 atom stereocenters. The number of halogens is 1. The summed E-state index contributed by atoms with van der Waals surface area (Å²) in [6.45, 7) is 3.46. The van der Waals surface area contributed by atoms with Crippen molar-refractivity contribution in [2.24, 2.45) is 0 Å². The van der Waals surface area contributed by atoms with Gasteiger partial charge >= 0.3 is 5.69 Å². The summed E-state index contributed by atoms with van der Waals surface area (Å²) in [5.74, 6) is 0. The fourth-order valence-electron chi connectivity index (χ4n) is 2.82. The topological polar surface area (TPSA) is 70.0 Å². The summed E-state index contributed by atoms with van der Waals surface area (Å²) < 4.78 is 1.73. The molecule has 0 fully saturated rings. The minimum atomic E-state index is -0.572. The summed E-state index contributed by atoms with van der Waals surface area (Å²) in [6.07, 6.45) is 0.175. The number of aliphatic hydroxyl groups is 1. The van der Waals surface area contributed by atoms with Crippen LogP contribution < -0.4 is 11.0 Å². The Bertz CT molecular complexity index is 634. The van der Waals surface area contributed by atoms with Gasteiger partial charge < -0.3 is 15.4 Å². The van der Waals surface area contributed by atoms with E-state index in [0.29, 0.717) is 6.54 Å². The maximum absolute atomic E-state index is 11.9. The van der Waals surface area contributed by atoms with Crippen LogP contribution in [0.1, 0.15) is 25.0 Å². The van der Waals surface area contributed by atoms with E-state index < -0.39 is 6.10 Å². The lowest BCUT2D eigenvalue weighted by Gasteiger charge is -2.21. The Hall–Kier alpha value is -1.30. The Kier molecular flexibility index (Phi) is 3.99. The Morgan fingerprint density at radius 3 is 3.05 bits per heavy atom. The minimum absolute atomic E-state index is 0. The third-order valence-corrected chi connectivity index (χ3v) is 3.65. The molecular formula is C13H18ClN3O2. The first-order chi connectivity index (χ1) is 8.72. The second-order valence-corrected chi connectivity index (χ2v) is 4.72. The van der Waals surface area contributed by atoms with Gasteiger partial charge in [0.25, 0.3) is 0 Å². The number of likely N-dealkylation sites (N-methyl/N-ethyl adjacent to an activating group) is 1. The molecule has 2 heterocycles. The summed E-state index contributed by atoms with van der Waals surface area (Å²) >= 11 is 0. The highest BCUT2D eigenvalue weighted by Gasteiger charge is 2.27. The number of imidazole rings is 1. The average molecular weight is 284 g/mol. The lowest BCUT2D eigenvalue weighted by molar-refractivity contribution is 0.126. The van der Waals surface area contributed by atoms with Crippen LogP contribution in [0.5, 0.6) is 0 Å². The Morgan fingerprint density at radius 2 is 2.32 bits per heavy atom. The molecule has 0 spiro atoms. The van der Waals surface area contributed by atoms with Gasteiger partial charge in [-0.25, -0.2) is 4.79 Å². The van der Waals surface area contributed by atoms with Gasteiger partial charge in [-0.05, 0) is 19.0 Å². The van der Waals surface area contributed by atoms with E-state index in [1.54, 1.807) is 4.57 Å². The number of nitrogens with one attached hydrogen (secondary N) is 2. The number of benzene rings is 1. The van der Waals surface area contributed by atoms with E-state index in [2.05, 4.69) is 10.3 Å². The molecule has 3 N–H and O–H groups in total. The molecule has 0 saturated heterocycles. The summed E-state index contributed by atoms with van der Waals surface area (Å²) in [4.78, 5) is 14.7. The van der Waals surface area contributed by atoms with Crippen LogP contribution in [0, 0.1) is 0 Å². The largest absolute Gasteiger partial charge is 0.387 e. The van der Waals surface area contributed by atoms with Crippen LogP contribution >= 0.6 is 12.4 Å². The van der Waals surface area contributed by atoms with Crippen molar-refractivity contribution >= 4 is 23.4 Å². The van der Waals surface area contributed by atoms with Crippen LogP contribution in [0.25, 0.3) is 11.0 Å². The number of nitrogens with zero attached hydrogens (tertiary/aromatic N) is 1. The van der Waals surface area contributed by atoms with Gasteiger partial charge in [0, 0.05) is 18.2 Å². The fourth-order valence-corrected chi connectivity index (χ4v) is 2.82. The van der Waals surface area contributed by atoms with Gasteiger partial charge in [-0.1, -0.05) is 19.1 Å². The van der Waals surface area contributed by atoms with Crippen LogP contribution in [0.3, 0.4) is 0 Å². The zero-order valence-corrected chi connectivity index (χ0v) is 11.5. The van der Waals surface area contributed by atoms with Crippen molar-refractivity contribution in [1.82, 2.24) is 14.9 Å². The van der Waals surface area contributed by atoms with Crippen LogP contribution in [-0.2, 0) is 6.54 Å². The van der Waals surface area contributed by atoms with E-state index in [9.17, 15) is 9.90 Å². The number of aliphatic hydroxyl groups excluding tert-OH is 1. The van der Waals surface area contributed by atoms with Crippen molar-refractivity contribution in [2.75, 3.05) is 6.54 Å². The van der Waals surface area contributed by atoms with Gasteiger partial charge in [-0.3, -0.25) is 4.57 Å². The first kappa shape index (κ1) is 14.1. The molecule has 1 aromatic heterocycles. The molecule has 0 aliphatic carbocycles. The fraction of sp³-hybridized carbons (Fsp3) is 0.462. The van der Waals surface area contributed by atoms with Crippen LogP contribution in [0.2, 0.25) is 0 Å². The van der Waals surface area contributed by atoms with E-state index in [4.69, 9.17) is 0 Å². The predicted molar refractivity (Wildman–Crippen MR) is 76.8 cm³/mol. The van der Waals surface area contributed by atoms with Gasteiger partial charge in [0.2, 0.25) is 0 Å². The third kappa shape index (κ3) is 2.18. The van der Waals surface area contributed by atoms with E-state index in [-0.39, 0.29) is 24.1 Å². The van der Waals surface area contributed by atoms with Crippen LogP contribution in [0.4, 0.5) is 0 Å². The first-order valence-electron chi connectivity index (χ1n) is 6.35. The van der Waals surface area contributed by atoms with Crippen molar-refractivity contribution in [3.63, 3.8) is 0 Å². The Labute approximate surface area is 117 Å². The number of hydrogen-bond donors (Lipinski definition) is 3. The van der Waals surface area contributed by atoms with Gasteiger partial charge in [-0.2, -0.15) is 0 Å². The molecule has 0 saturated carbocycles. The molecule has 6 heteroatoms. The maximum atomic E-state index is 11.9. The van der Waals surface area contributed by atoms with Gasteiger partial charge in [-0.15, -0.1) is 12.4 Å². The van der Waals surface area contributed by atoms with E-state index in [1.165, 1.54) is 0 Å². The highest BCUT2D eigenvalue weighted by molar-refractivity contribution is 5.85. The second-order valence-electron chi connectivity index (χ2n) is 4.72. The quantitative estimate of drug-likeness (QED) is 0.775. The maximum Gasteiger partial charge on any atom is 0.326 e. The SMILES string of the molecule is CCNC1CCn2c(=O)[nH]c3cccc(c32)C1O.Cl. The monoisotopic (exact) mass is 283 g/mol. The van der Waals surface area contributed by atoms with Gasteiger partial charge in [0.15, 0.2) is 0 Å². The summed E-state index contributed by atoms with van der Waals surface area (Å²) in [5, 5.41) is 13.7. The third-order valence-electron chi connectivity index (χ3n) is 3.65. The molecule has 19 heavy (non-hydrogen) atoms. The molecule has 0 radical (unpaired) electrons. The number of aryl methyl sites for hydroxylation is 1. The lowest BCUT2D eigenvalue weighted by Crippen LogP contribution is -2.35. The van der Waals surface area contributed by atoms with Crippen molar-refractivity contribution in [1.29, 1.82) is 0 Å². The van der Waals surface area contributed by atoms with Crippen molar-refractivity contribution < 1.29 is 5.11 Å². The summed E-state index contributed by atoms with van der Waals surface area (Å²) in [5.41, 5.74) is 2.38. The molecule has 104 valence electrons. The minimum Gasteiger partial charge on any atom is -0.387 e. The lowest BCUT2D eigenvalue weighted by atomic mass is 10.00. The zero-order chi connectivity index (χ0) is 12.7. The van der Waals surface area contributed by atoms with E-state index in [1.807, 2.05) is 25.1 Å². The van der Waals surface area contributed by atoms with E-state index in [0.717, 1.165) is 29.6 Å². The zero-order valence-electron chi connectivity index (χ0n) is 10.7. The van der Waals surface area contributed by atoms with Crippen molar-refractivity contribution in [3.8, 4) is 0 Å². The molecule has 1 aliphatic rings. The van der Waals surface area contributed by atoms with E-state index >= 15 is 0 Å². The van der Waals surface area contributed by atoms with Gasteiger partial charge in [0.1, 0.15) is 0 Å². The predicted octanol–water partition coefficient (Wildman–Crippen LogP) is 1.17. The van der Waals surface area contributed by atoms with Crippen molar-refractivity contribution in [3.05, 3.63) is 34.2 Å². The highest BCUT2D eigenvalue weighted by atomic mass is 35.5. The molecule has 3 rings (SSSR count).